The first kappa shape index (κ1) is 25.8. The van der Waals surface area contributed by atoms with Crippen molar-refractivity contribution in [1.29, 1.82) is 0 Å². The van der Waals surface area contributed by atoms with Gasteiger partial charge in [-0.2, -0.15) is 0 Å². The smallest absolute Gasteiger partial charge is 0.487 e. The number of carbonyl (C=O) groups is 1. The molecule has 4 rings (SSSR count). The first-order chi connectivity index (χ1) is 16.9. The number of fused-ring (bicyclic) bond motifs is 1. The number of hydrogen-bond acceptors (Lipinski definition) is 4. The molecule has 0 saturated heterocycles. The third-order valence-electron chi connectivity index (χ3n) is 6.42. The van der Waals surface area contributed by atoms with Crippen LogP contribution in [0, 0.1) is 0 Å². The van der Waals surface area contributed by atoms with Crippen LogP contribution in [0.1, 0.15) is 74.3 Å². The van der Waals surface area contributed by atoms with Gasteiger partial charge in [-0.05, 0) is 65.8 Å². The van der Waals surface area contributed by atoms with E-state index in [1.54, 1.807) is 0 Å². The molecule has 3 aromatic rings. The van der Waals surface area contributed by atoms with Crippen LogP contribution in [0.25, 0.3) is 11.1 Å². The Labute approximate surface area is 208 Å². The standard InChI is InChI=1S/C29H29F3O4/c1-17(2)22-14-23-24(20(16-33)15-28(3,4)36-23)25(18-8-6-5-7-9-18)26(22)27(34)19-10-12-21(13-11-19)35-29(30,31)32/h5-14,16-17,20,27,34H,15H2,1-4H3. The number of alkyl halides is 3. The van der Waals surface area contributed by atoms with Gasteiger partial charge in [-0.15, -0.1) is 13.2 Å². The van der Waals surface area contributed by atoms with Crippen LogP contribution in [0.2, 0.25) is 0 Å². The van der Waals surface area contributed by atoms with Gasteiger partial charge in [-0.25, -0.2) is 0 Å². The molecule has 3 aromatic carbocycles. The second-order valence-electron chi connectivity index (χ2n) is 10.0. The fourth-order valence-corrected chi connectivity index (χ4v) is 4.96. The highest BCUT2D eigenvalue weighted by Crippen LogP contribution is 2.50. The van der Waals surface area contributed by atoms with Gasteiger partial charge in [0, 0.05) is 17.9 Å². The fourth-order valence-electron chi connectivity index (χ4n) is 4.96. The molecule has 1 N–H and O–H groups in total. The Morgan fingerprint density at radius 2 is 1.72 bits per heavy atom. The molecular weight excluding hydrogens is 469 g/mol. The predicted octanol–water partition coefficient (Wildman–Crippen LogP) is 7.30. The van der Waals surface area contributed by atoms with Gasteiger partial charge < -0.3 is 19.4 Å². The lowest BCUT2D eigenvalue weighted by molar-refractivity contribution is -0.274. The molecule has 7 heteroatoms. The summed E-state index contributed by atoms with van der Waals surface area (Å²) in [5.41, 5.74) is 3.54. The number of halogens is 3. The maximum atomic E-state index is 12.6. The lowest BCUT2D eigenvalue weighted by atomic mass is 9.75. The van der Waals surface area contributed by atoms with E-state index in [9.17, 15) is 23.1 Å². The Balaban J connectivity index is 1.96. The average Bonchev–Trinajstić information content (AvgIpc) is 2.81. The Kier molecular flexibility index (Phi) is 6.88. The molecule has 0 amide bonds. The molecule has 0 saturated carbocycles. The number of benzene rings is 3. The van der Waals surface area contributed by atoms with Gasteiger partial charge in [-0.3, -0.25) is 0 Å². The van der Waals surface area contributed by atoms with Crippen LogP contribution >= 0.6 is 0 Å². The maximum absolute atomic E-state index is 12.6. The van der Waals surface area contributed by atoms with Crippen LogP contribution in [0.15, 0.2) is 60.7 Å². The fraction of sp³-hybridized carbons (Fsp3) is 0.345. The monoisotopic (exact) mass is 498 g/mol. The van der Waals surface area contributed by atoms with E-state index >= 15 is 0 Å². The molecule has 0 aromatic heterocycles. The highest BCUT2D eigenvalue weighted by molar-refractivity contribution is 5.82. The van der Waals surface area contributed by atoms with Crippen molar-refractivity contribution in [2.45, 2.75) is 64.0 Å². The summed E-state index contributed by atoms with van der Waals surface area (Å²) >= 11 is 0. The Bertz CT molecular complexity index is 1230. The number of hydrogen-bond donors (Lipinski definition) is 1. The van der Waals surface area contributed by atoms with Crippen molar-refractivity contribution in [1.82, 2.24) is 0 Å². The molecule has 4 nitrogen and oxygen atoms in total. The third kappa shape index (κ3) is 5.26. The SMILES string of the molecule is CC(C)c1cc2c(c(-c3ccccc3)c1C(O)c1ccc(OC(F)(F)F)cc1)C(C=O)CC(C)(C)O2. The number of aliphatic hydroxyl groups is 1. The molecule has 1 heterocycles. The van der Waals surface area contributed by atoms with E-state index < -0.39 is 24.0 Å². The van der Waals surface area contributed by atoms with Crippen LogP contribution in [0.5, 0.6) is 11.5 Å². The second kappa shape index (κ2) is 9.62. The largest absolute Gasteiger partial charge is 0.573 e. The topological polar surface area (TPSA) is 55.8 Å². The molecule has 0 bridgehead atoms. The van der Waals surface area contributed by atoms with Crippen molar-refractivity contribution >= 4 is 6.29 Å². The van der Waals surface area contributed by atoms with E-state index in [0.29, 0.717) is 34.4 Å². The summed E-state index contributed by atoms with van der Waals surface area (Å²) in [5.74, 6) is -0.226. The molecule has 0 aliphatic carbocycles. The number of aliphatic hydroxyl groups excluding tert-OH is 1. The number of aldehydes is 1. The van der Waals surface area contributed by atoms with Crippen molar-refractivity contribution in [3.8, 4) is 22.6 Å². The van der Waals surface area contributed by atoms with Crippen molar-refractivity contribution in [2.75, 3.05) is 0 Å². The molecule has 1 aliphatic heterocycles. The Morgan fingerprint density at radius 3 is 2.28 bits per heavy atom. The molecule has 0 radical (unpaired) electrons. The third-order valence-corrected chi connectivity index (χ3v) is 6.42. The van der Waals surface area contributed by atoms with Crippen molar-refractivity contribution in [2.24, 2.45) is 0 Å². The normalized spacial score (nSPS) is 17.8. The summed E-state index contributed by atoms with van der Waals surface area (Å²) in [5, 5.41) is 11.7. The molecule has 2 unspecified atom stereocenters. The van der Waals surface area contributed by atoms with E-state index in [1.165, 1.54) is 24.3 Å². The number of rotatable bonds is 6. The lowest BCUT2D eigenvalue weighted by Gasteiger charge is -2.39. The van der Waals surface area contributed by atoms with Gasteiger partial charge >= 0.3 is 6.36 Å². The minimum absolute atomic E-state index is 0.0152. The highest BCUT2D eigenvalue weighted by atomic mass is 19.4. The summed E-state index contributed by atoms with van der Waals surface area (Å²) < 4.78 is 48.2. The van der Waals surface area contributed by atoms with Crippen LogP contribution < -0.4 is 9.47 Å². The Hall–Kier alpha value is -3.32. The van der Waals surface area contributed by atoms with Crippen LogP contribution in [-0.2, 0) is 4.79 Å². The number of ether oxygens (including phenoxy) is 2. The minimum Gasteiger partial charge on any atom is -0.487 e. The zero-order valence-electron chi connectivity index (χ0n) is 20.6. The van der Waals surface area contributed by atoms with Gasteiger partial charge in [0.25, 0.3) is 0 Å². The van der Waals surface area contributed by atoms with E-state index in [1.807, 2.05) is 64.1 Å². The summed E-state index contributed by atoms with van der Waals surface area (Å²) in [7, 11) is 0. The van der Waals surface area contributed by atoms with E-state index in [0.717, 1.165) is 17.4 Å². The molecule has 190 valence electrons. The highest BCUT2D eigenvalue weighted by Gasteiger charge is 2.38. The summed E-state index contributed by atoms with van der Waals surface area (Å²) in [6.45, 7) is 7.88. The van der Waals surface area contributed by atoms with Crippen LogP contribution in [-0.4, -0.2) is 23.4 Å². The molecule has 2 atom stereocenters. The summed E-state index contributed by atoms with van der Waals surface area (Å²) in [6.07, 6.45) is -4.57. The van der Waals surface area contributed by atoms with E-state index in [-0.39, 0.29) is 11.7 Å². The van der Waals surface area contributed by atoms with Gasteiger partial charge in [0.1, 0.15) is 29.5 Å². The van der Waals surface area contributed by atoms with E-state index in [4.69, 9.17) is 4.74 Å². The average molecular weight is 499 g/mol. The van der Waals surface area contributed by atoms with Gasteiger partial charge in [-0.1, -0.05) is 56.3 Å². The predicted molar refractivity (Wildman–Crippen MR) is 131 cm³/mol. The molecular formula is C29H29F3O4. The zero-order chi connectivity index (χ0) is 26.3. The van der Waals surface area contributed by atoms with E-state index in [2.05, 4.69) is 4.74 Å². The second-order valence-corrected chi connectivity index (χ2v) is 10.0. The minimum atomic E-state index is -4.80. The summed E-state index contributed by atoms with van der Waals surface area (Å²) in [6, 6.07) is 16.6. The van der Waals surface area contributed by atoms with Crippen LogP contribution in [0.4, 0.5) is 13.2 Å². The maximum Gasteiger partial charge on any atom is 0.573 e. The van der Waals surface area contributed by atoms with Crippen molar-refractivity contribution in [3.63, 3.8) is 0 Å². The van der Waals surface area contributed by atoms with Crippen molar-refractivity contribution < 1.29 is 32.5 Å². The first-order valence-electron chi connectivity index (χ1n) is 11.8. The van der Waals surface area contributed by atoms with Gasteiger partial charge in [0.15, 0.2) is 0 Å². The van der Waals surface area contributed by atoms with Gasteiger partial charge in [0.05, 0.1) is 0 Å². The van der Waals surface area contributed by atoms with Gasteiger partial charge in [0.2, 0.25) is 0 Å². The zero-order valence-corrected chi connectivity index (χ0v) is 20.6. The first-order valence-corrected chi connectivity index (χ1v) is 11.8. The van der Waals surface area contributed by atoms with Crippen molar-refractivity contribution in [3.05, 3.63) is 82.9 Å². The lowest BCUT2D eigenvalue weighted by Crippen LogP contribution is -2.36. The number of carbonyl (C=O) groups excluding carboxylic acids is 1. The Morgan fingerprint density at radius 1 is 1.08 bits per heavy atom. The molecule has 36 heavy (non-hydrogen) atoms. The van der Waals surface area contributed by atoms with Crippen LogP contribution in [0.3, 0.4) is 0 Å². The summed E-state index contributed by atoms with van der Waals surface area (Å²) in [4.78, 5) is 12.3. The quantitative estimate of drug-likeness (QED) is 0.362. The molecule has 1 aliphatic rings. The molecule has 0 spiro atoms. The molecule has 0 fully saturated rings.